The predicted octanol–water partition coefficient (Wildman–Crippen LogP) is 1.94. The molecule has 3 rings (SSSR count). The van der Waals surface area contributed by atoms with Crippen molar-refractivity contribution in [2.45, 2.75) is 32.1 Å². The number of likely N-dealkylation sites (tertiary alicyclic amines) is 2. The van der Waals surface area contributed by atoms with E-state index in [4.69, 9.17) is 4.74 Å². The summed E-state index contributed by atoms with van der Waals surface area (Å²) >= 11 is 0. The van der Waals surface area contributed by atoms with Crippen LogP contribution >= 0.6 is 0 Å². The first-order valence-electron chi connectivity index (χ1n) is 9.66. The number of hydrogen-bond acceptors (Lipinski definition) is 5. The molecule has 0 aromatic heterocycles. The highest BCUT2D eigenvalue weighted by atomic mass is 16.5. The maximum atomic E-state index is 5.10. The molecule has 3 saturated heterocycles. The molecule has 3 heterocycles. The number of likely N-dealkylation sites (N-methyl/N-ethyl adjacent to an activating group) is 1. The summed E-state index contributed by atoms with van der Waals surface area (Å²) in [6, 6.07) is 0. The molecule has 0 saturated carbocycles. The average molecular weight is 345 g/mol. The van der Waals surface area contributed by atoms with E-state index < -0.39 is 0 Å². The lowest BCUT2D eigenvalue weighted by molar-refractivity contribution is 0.0503. The van der Waals surface area contributed by atoms with Gasteiger partial charge in [0.25, 0.3) is 0 Å². The van der Waals surface area contributed by atoms with Gasteiger partial charge in [-0.15, -0.1) is 0 Å². The van der Waals surface area contributed by atoms with Gasteiger partial charge >= 0.3 is 0 Å². The van der Waals surface area contributed by atoms with Gasteiger partial charge in [-0.05, 0) is 94.1 Å². The highest BCUT2D eigenvalue weighted by Gasteiger charge is 2.03. The lowest BCUT2D eigenvalue weighted by atomic mass is 10.1. The van der Waals surface area contributed by atoms with Gasteiger partial charge in [-0.3, -0.25) is 0 Å². The molecule has 0 aromatic rings. The summed E-state index contributed by atoms with van der Waals surface area (Å²) < 4.78 is 5.10. The Kier molecular flexibility index (Phi) is 16.1. The molecule has 0 aromatic carbocycles. The maximum absolute atomic E-state index is 5.10. The number of ether oxygens (including phenoxy) is 1. The Balaban J connectivity index is 0.000000301. The zero-order chi connectivity index (χ0) is 18.2. The largest absolute Gasteiger partial charge is 0.379 e. The summed E-state index contributed by atoms with van der Waals surface area (Å²) in [6.07, 6.45) is 7.10. The van der Waals surface area contributed by atoms with Crippen molar-refractivity contribution in [3.8, 4) is 0 Å². The molecule has 3 aliphatic rings. The molecule has 0 N–H and O–H groups in total. The highest BCUT2D eigenvalue weighted by molar-refractivity contribution is 4.59. The molecule has 5 nitrogen and oxygen atoms in total. The number of piperidine rings is 1. The van der Waals surface area contributed by atoms with E-state index in [-0.39, 0.29) is 0 Å². The second-order valence-corrected chi connectivity index (χ2v) is 7.63. The first-order chi connectivity index (χ1) is 11.4. The van der Waals surface area contributed by atoms with Gasteiger partial charge in [0.15, 0.2) is 0 Å². The molecule has 0 aliphatic carbocycles. The minimum absolute atomic E-state index is 0.913. The van der Waals surface area contributed by atoms with Gasteiger partial charge < -0.3 is 24.3 Å². The highest BCUT2D eigenvalue weighted by Crippen LogP contribution is 2.04. The first kappa shape index (κ1) is 23.8. The van der Waals surface area contributed by atoms with Crippen LogP contribution in [0.4, 0.5) is 0 Å². The van der Waals surface area contributed by atoms with Crippen LogP contribution in [0, 0.1) is 0 Å². The summed E-state index contributed by atoms with van der Waals surface area (Å²) in [4.78, 5) is 9.02. The van der Waals surface area contributed by atoms with E-state index in [1.165, 1.54) is 58.3 Å². The Morgan fingerprint density at radius 3 is 1.00 bits per heavy atom. The lowest BCUT2D eigenvalue weighted by Crippen LogP contribution is -2.32. The molecule has 146 valence electrons. The molecule has 0 unspecified atom stereocenters. The van der Waals surface area contributed by atoms with E-state index in [1.807, 2.05) is 26.0 Å². The predicted molar refractivity (Wildman–Crippen MR) is 106 cm³/mol. The fourth-order valence-electron chi connectivity index (χ4n) is 2.58. The van der Waals surface area contributed by atoms with Crippen LogP contribution in [-0.4, -0.2) is 114 Å². The smallest absolute Gasteiger partial charge is 0.0594 e. The number of rotatable bonds is 0. The van der Waals surface area contributed by atoms with Gasteiger partial charge in [-0.25, -0.2) is 0 Å². The Morgan fingerprint density at radius 2 is 0.833 bits per heavy atom. The molecule has 3 aliphatic heterocycles. The molecule has 0 bridgehead atoms. The number of hydrogen-bond donors (Lipinski definition) is 0. The molecule has 0 radical (unpaired) electrons. The minimum atomic E-state index is 0.913. The molecule has 0 amide bonds. The molecular weight excluding hydrogens is 300 g/mol. The SMILES string of the molecule is CN(C)C.CN1CCCC1.CN1CCCCC1.CN1CCOCC1. The van der Waals surface area contributed by atoms with E-state index >= 15 is 0 Å². The van der Waals surface area contributed by atoms with E-state index in [0.29, 0.717) is 0 Å². The van der Waals surface area contributed by atoms with Crippen molar-refractivity contribution in [3.63, 3.8) is 0 Å². The first-order valence-corrected chi connectivity index (χ1v) is 9.66. The zero-order valence-electron chi connectivity index (χ0n) is 17.4. The van der Waals surface area contributed by atoms with Gasteiger partial charge in [0.05, 0.1) is 13.2 Å². The molecule has 0 atom stereocenters. The fourth-order valence-corrected chi connectivity index (χ4v) is 2.58. The van der Waals surface area contributed by atoms with Gasteiger partial charge in [-0.2, -0.15) is 0 Å². The van der Waals surface area contributed by atoms with Crippen molar-refractivity contribution >= 4 is 0 Å². The second kappa shape index (κ2) is 16.3. The lowest BCUT2D eigenvalue weighted by Gasteiger charge is -2.21. The van der Waals surface area contributed by atoms with Crippen LogP contribution in [0.1, 0.15) is 32.1 Å². The van der Waals surface area contributed by atoms with Crippen molar-refractivity contribution in [2.24, 2.45) is 0 Å². The Labute approximate surface area is 151 Å². The van der Waals surface area contributed by atoms with E-state index in [0.717, 1.165) is 26.3 Å². The van der Waals surface area contributed by atoms with Crippen LogP contribution in [-0.2, 0) is 4.74 Å². The topological polar surface area (TPSA) is 22.2 Å². The molecule has 24 heavy (non-hydrogen) atoms. The molecular formula is C19H44N4O. The van der Waals surface area contributed by atoms with Crippen molar-refractivity contribution in [2.75, 3.05) is 94.8 Å². The Hall–Kier alpha value is -0.200. The van der Waals surface area contributed by atoms with Crippen LogP contribution in [0.2, 0.25) is 0 Å². The third kappa shape index (κ3) is 18.1. The van der Waals surface area contributed by atoms with Gasteiger partial charge in [-0.1, -0.05) is 6.42 Å². The summed E-state index contributed by atoms with van der Waals surface area (Å²) in [5, 5.41) is 0. The van der Waals surface area contributed by atoms with Gasteiger partial charge in [0, 0.05) is 13.1 Å². The summed E-state index contributed by atoms with van der Waals surface area (Å²) in [5.74, 6) is 0. The van der Waals surface area contributed by atoms with Crippen LogP contribution in [0.25, 0.3) is 0 Å². The molecule has 0 spiro atoms. The quantitative estimate of drug-likeness (QED) is 0.668. The van der Waals surface area contributed by atoms with E-state index in [1.54, 1.807) is 0 Å². The van der Waals surface area contributed by atoms with Crippen molar-refractivity contribution in [1.29, 1.82) is 0 Å². The van der Waals surface area contributed by atoms with Crippen LogP contribution < -0.4 is 0 Å². The van der Waals surface area contributed by atoms with Crippen molar-refractivity contribution in [1.82, 2.24) is 19.6 Å². The number of morpholine rings is 1. The van der Waals surface area contributed by atoms with Gasteiger partial charge in [0.1, 0.15) is 0 Å². The average Bonchev–Trinajstić information content (AvgIpc) is 3.01. The Morgan fingerprint density at radius 1 is 0.542 bits per heavy atom. The van der Waals surface area contributed by atoms with Gasteiger partial charge in [0.2, 0.25) is 0 Å². The minimum Gasteiger partial charge on any atom is -0.379 e. The maximum Gasteiger partial charge on any atom is 0.0594 e. The third-order valence-electron chi connectivity index (χ3n) is 4.14. The van der Waals surface area contributed by atoms with Crippen LogP contribution in [0.15, 0.2) is 0 Å². The monoisotopic (exact) mass is 344 g/mol. The molecule has 5 heteroatoms. The van der Waals surface area contributed by atoms with E-state index in [2.05, 4.69) is 35.8 Å². The fraction of sp³-hybridized carbons (Fsp3) is 1.00. The van der Waals surface area contributed by atoms with Crippen molar-refractivity contribution < 1.29 is 4.74 Å². The summed E-state index contributed by atoms with van der Waals surface area (Å²) in [5.41, 5.74) is 0. The molecule has 3 fully saturated rings. The van der Waals surface area contributed by atoms with Crippen LogP contribution in [0.5, 0.6) is 0 Å². The van der Waals surface area contributed by atoms with Crippen LogP contribution in [0.3, 0.4) is 0 Å². The third-order valence-corrected chi connectivity index (χ3v) is 4.14. The zero-order valence-corrected chi connectivity index (χ0v) is 17.4. The number of nitrogens with zero attached hydrogens (tertiary/aromatic N) is 4. The van der Waals surface area contributed by atoms with E-state index in [9.17, 15) is 0 Å². The van der Waals surface area contributed by atoms with Crippen molar-refractivity contribution in [3.05, 3.63) is 0 Å². The normalized spacial score (nSPS) is 22.6. The summed E-state index contributed by atoms with van der Waals surface area (Å²) in [6.45, 7) is 9.30. The standard InChI is InChI=1S/C6H13N.C5H11NO.C5H11N.C3H9N/c1-7-5-3-2-4-6-7;1-6-2-4-7-5-3-6;1-6-4-2-3-5-6;1-4(2)3/h2-6H2,1H3;2-5H2,1H3;2-5H2,1H3;1-3H3. The Bertz CT molecular complexity index is 227. The second-order valence-electron chi connectivity index (χ2n) is 7.63. The summed E-state index contributed by atoms with van der Waals surface area (Å²) in [7, 11) is 12.5.